The third-order valence-corrected chi connectivity index (χ3v) is 6.83. The summed E-state index contributed by atoms with van der Waals surface area (Å²) in [6, 6.07) is 12.4. The normalized spacial score (nSPS) is 15.6. The molecule has 29 heavy (non-hydrogen) atoms. The number of anilines is 1. The molecule has 1 heterocycles. The van der Waals surface area contributed by atoms with Crippen molar-refractivity contribution in [3.63, 3.8) is 0 Å². The molecule has 0 saturated carbocycles. The molecule has 0 spiro atoms. The molecular weight excluding hydrogens is 412 g/mol. The van der Waals surface area contributed by atoms with Crippen molar-refractivity contribution in [1.29, 1.82) is 0 Å². The summed E-state index contributed by atoms with van der Waals surface area (Å²) in [5, 5.41) is 0.581. The predicted molar refractivity (Wildman–Crippen MR) is 116 cm³/mol. The zero-order valence-electron chi connectivity index (χ0n) is 16.3. The molecule has 0 unspecified atom stereocenters. The summed E-state index contributed by atoms with van der Waals surface area (Å²) in [5.41, 5.74) is 2.28. The highest BCUT2D eigenvalue weighted by molar-refractivity contribution is 7.93. The molecular formula is C21H23ClN2O4S. The third-order valence-electron chi connectivity index (χ3n) is 4.72. The van der Waals surface area contributed by atoms with Crippen molar-refractivity contribution in [3.8, 4) is 5.75 Å². The molecule has 1 aliphatic heterocycles. The van der Waals surface area contributed by atoms with Crippen LogP contribution >= 0.6 is 11.6 Å². The van der Waals surface area contributed by atoms with Crippen molar-refractivity contribution in [1.82, 2.24) is 4.90 Å². The molecule has 0 atom stereocenters. The van der Waals surface area contributed by atoms with Gasteiger partial charge in [0.25, 0.3) is 0 Å². The Balaban J connectivity index is 1.65. The molecule has 2 aromatic rings. The van der Waals surface area contributed by atoms with Gasteiger partial charge in [0.15, 0.2) is 0 Å². The zero-order valence-corrected chi connectivity index (χ0v) is 17.9. The van der Waals surface area contributed by atoms with Crippen molar-refractivity contribution in [3.05, 3.63) is 64.7 Å². The highest BCUT2D eigenvalue weighted by Gasteiger charge is 2.28. The van der Waals surface area contributed by atoms with E-state index in [1.165, 1.54) is 10.4 Å². The van der Waals surface area contributed by atoms with E-state index in [4.69, 9.17) is 16.3 Å². The summed E-state index contributed by atoms with van der Waals surface area (Å²) >= 11 is 6.04. The number of ether oxygens (including phenoxy) is 1. The van der Waals surface area contributed by atoms with E-state index in [1.807, 2.05) is 0 Å². The molecule has 3 rings (SSSR count). The number of methoxy groups -OCH3 is 1. The standard InChI is InChI=1S/C21H23ClN2O4S/c1-23(15-17-14-18(22)7-10-20(17)28-2)21(25)11-6-16-4-8-19(9-5-16)24-12-3-13-29(24,26)27/h4-11,14H,3,12-13,15H2,1-2H3/b11-6+. The lowest BCUT2D eigenvalue weighted by Crippen LogP contribution is -2.25. The topological polar surface area (TPSA) is 66.9 Å². The van der Waals surface area contributed by atoms with Gasteiger partial charge in [-0.3, -0.25) is 9.10 Å². The van der Waals surface area contributed by atoms with Gasteiger partial charge in [-0.25, -0.2) is 8.42 Å². The Kier molecular flexibility index (Phi) is 6.49. The van der Waals surface area contributed by atoms with Gasteiger partial charge in [0, 0.05) is 36.8 Å². The van der Waals surface area contributed by atoms with E-state index < -0.39 is 10.0 Å². The summed E-state index contributed by atoms with van der Waals surface area (Å²) in [5.74, 6) is 0.691. The first-order chi connectivity index (χ1) is 13.8. The van der Waals surface area contributed by atoms with Crippen LogP contribution in [0, 0.1) is 0 Å². The van der Waals surface area contributed by atoms with Crippen molar-refractivity contribution in [2.45, 2.75) is 13.0 Å². The third kappa shape index (κ3) is 5.10. The Morgan fingerprint density at radius 3 is 2.59 bits per heavy atom. The molecule has 2 aromatic carbocycles. The second-order valence-corrected chi connectivity index (χ2v) is 9.27. The molecule has 6 nitrogen and oxygen atoms in total. The van der Waals surface area contributed by atoms with E-state index >= 15 is 0 Å². The van der Waals surface area contributed by atoms with Crippen LogP contribution in [0.25, 0.3) is 6.08 Å². The molecule has 0 radical (unpaired) electrons. The summed E-state index contributed by atoms with van der Waals surface area (Å²) in [7, 11) is 0.0839. The second-order valence-electron chi connectivity index (χ2n) is 6.82. The molecule has 0 N–H and O–H groups in total. The molecule has 0 bridgehead atoms. The van der Waals surface area contributed by atoms with Crippen LogP contribution in [0.3, 0.4) is 0 Å². The SMILES string of the molecule is COc1ccc(Cl)cc1CN(C)C(=O)/C=C/c1ccc(N2CCCS2(=O)=O)cc1. The Bertz CT molecular complexity index is 1020. The molecule has 1 fully saturated rings. The first kappa shape index (κ1) is 21.2. The van der Waals surface area contributed by atoms with Gasteiger partial charge >= 0.3 is 0 Å². The number of carbonyl (C=O) groups is 1. The number of nitrogens with zero attached hydrogens (tertiary/aromatic N) is 2. The number of rotatable bonds is 6. The van der Waals surface area contributed by atoms with Crippen molar-refractivity contribution < 1.29 is 17.9 Å². The molecule has 1 aliphatic rings. The molecule has 1 saturated heterocycles. The largest absolute Gasteiger partial charge is 0.496 e. The van der Waals surface area contributed by atoms with Gasteiger partial charge < -0.3 is 9.64 Å². The summed E-state index contributed by atoms with van der Waals surface area (Å²) in [4.78, 5) is 14.0. The maximum Gasteiger partial charge on any atom is 0.246 e. The second kappa shape index (κ2) is 8.88. The van der Waals surface area contributed by atoms with E-state index in [1.54, 1.807) is 67.6 Å². The summed E-state index contributed by atoms with van der Waals surface area (Å²) in [6.07, 6.45) is 3.83. The Morgan fingerprint density at radius 2 is 1.97 bits per heavy atom. The van der Waals surface area contributed by atoms with Gasteiger partial charge in [-0.15, -0.1) is 0 Å². The zero-order chi connectivity index (χ0) is 21.0. The minimum absolute atomic E-state index is 0.168. The fraction of sp³-hybridized carbons (Fsp3) is 0.286. The number of carbonyl (C=O) groups excluding carboxylic acids is 1. The minimum atomic E-state index is -3.19. The van der Waals surface area contributed by atoms with Crippen LogP contribution in [0.4, 0.5) is 5.69 Å². The molecule has 0 aliphatic carbocycles. The monoisotopic (exact) mass is 434 g/mol. The van der Waals surface area contributed by atoms with Crippen LogP contribution in [-0.4, -0.2) is 45.7 Å². The number of halogens is 1. The quantitative estimate of drug-likeness (QED) is 0.652. The van der Waals surface area contributed by atoms with Crippen LogP contribution in [0.5, 0.6) is 5.75 Å². The fourth-order valence-corrected chi connectivity index (χ4v) is 4.94. The van der Waals surface area contributed by atoms with Crippen molar-refractivity contribution >= 4 is 39.3 Å². The molecule has 154 valence electrons. The van der Waals surface area contributed by atoms with Crippen LogP contribution in [0.2, 0.25) is 5.02 Å². The highest BCUT2D eigenvalue weighted by Crippen LogP contribution is 2.25. The van der Waals surface area contributed by atoms with Gasteiger partial charge in [-0.05, 0) is 48.4 Å². The van der Waals surface area contributed by atoms with E-state index in [2.05, 4.69) is 0 Å². The lowest BCUT2D eigenvalue weighted by Gasteiger charge is -2.18. The Labute approximate surface area is 176 Å². The van der Waals surface area contributed by atoms with Crippen LogP contribution in [-0.2, 0) is 21.4 Å². The van der Waals surface area contributed by atoms with Gasteiger partial charge in [0.1, 0.15) is 5.75 Å². The molecule has 1 amide bonds. The summed E-state index contributed by atoms with van der Waals surface area (Å²) < 4.78 is 30.7. The molecule has 0 aromatic heterocycles. The van der Waals surface area contributed by atoms with Gasteiger partial charge in [-0.1, -0.05) is 23.7 Å². The van der Waals surface area contributed by atoms with Crippen LogP contribution < -0.4 is 9.04 Å². The van der Waals surface area contributed by atoms with E-state index in [0.29, 0.717) is 36.0 Å². The lowest BCUT2D eigenvalue weighted by molar-refractivity contribution is -0.125. The van der Waals surface area contributed by atoms with Crippen molar-refractivity contribution in [2.24, 2.45) is 0 Å². The van der Waals surface area contributed by atoms with Crippen molar-refractivity contribution in [2.75, 3.05) is 30.8 Å². The number of sulfonamides is 1. The highest BCUT2D eigenvalue weighted by atomic mass is 35.5. The number of hydrogen-bond acceptors (Lipinski definition) is 4. The minimum Gasteiger partial charge on any atom is -0.496 e. The lowest BCUT2D eigenvalue weighted by atomic mass is 10.1. The number of hydrogen-bond donors (Lipinski definition) is 0. The maximum absolute atomic E-state index is 12.4. The Morgan fingerprint density at radius 1 is 1.24 bits per heavy atom. The van der Waals surface area contributed by atoms with E-state index in [0.717, 1.165) is 11.1 Å². The molecule has 8 heteroatoms. The first-order valence-corrected chi connectivity index (χ1v) is 11.1. The fourth-order valence-electron chi connectivity index (χ4n) is 3.18. The average Bonchev–Trinajstić information content (AvgIpc) is 3.05. The number of amides is 1. The predicted octanol–water partition coefficient (Wildman–Crippen LogP) is 3.56. The first-order valence-electron chi connectivity index (χ1n) is 9.16. The smallest absolute Gasteiger partial charge is 0.246 e. The number of benzene rings is 2. The van der Waals surface area contributed by atoms with Crippen LogP contribution in [0.15, 0.2) is 48.5 Å². The van der Waals surface area contributed by atoms with Gasteiger partial charge in [-0.2, -0.15) is 0 Å². The Hall–Kier alpha value is -2.51. The van der Waals surface area contributed by atoms with E-state index in [-0.39, 0.29) is 11.7 Å². The number of likely N-dealkylation sites (N-methyl/N-ethyl adjacent to an activating group) is 1. The maximum atomic E-state index is 12.4. The van der Waals surface area contributed by atoms with Crippen LogP contribution in [0.1, 0.15) is 17.5 Å². The van der Waals surface area contributed by atoms with Gasteiger partial charge in [0.05, 0.1) is 18.6 Å². The van der Waals surface area contributed by atoms with Gasteiger partial charge in [0.2, 0.25) is 15.9 Å². The van der Waals surface area contributed by atoms with E-state index in [9.17, 15) is 13.2 Å². The average molecular weight is 435 g/mol. The summed E-state index contributed by atoms with van der Waals surface area (Å²) in [6.45, 7) is 0.867.